The van der Waals surface area contributed by atoms with Crippen LogP contribution in [0.3, 0.4) is 0 Å². The van der Waals surface area contributed by atoms with E-state index in [1.54, 1.807) is 10.8 Å². The number of esters is 1. The maximum Gasteiger partial charge on any atom is 0.356 e. The molecule has 8 heteroatoms. The predicted octanol–water partition coefficient (Wildman–Crippen LogP) is 3.81. The van der Waals surface area contributed by atoms with Crippen LogP contribution in [-0.2, 0) is 20.8 Å². The molecule has 0 saturated carbocycles. The molecule has 2 N–H and O–H groups in total. The average Bonchev–Trinajstić information content (AvgIpc) is 3.45. The lowest BCUT2D eigenvalue weighted by atomic mass is 10.2. The molecule has 0 spiro atoms. The van der Waals surface area contributed by atoms with Crippen molar-refractivity contribution >= 4 is 34.3 Å². The summed E-state index contributed by atoms with van der Waals surface area (Å²) in [6.45, 7) is 3.84. The molecule has 3 heterocycles. The molecule has 1 amide bonds. The van der Waals surface area contributed by atoms with Crippen molar-refractivity contribution in [1.29, 1.82) is 0 Å². The van der Waals surface area contributed by atoms with E-state index in [2.05, 4.69) is 22.5 Å². The van der Waals surface area contributed by atoms with Gasteiger partial charge >= 0.3 is 5.97 Å². The molecule has 0 bridgehead atoms. The molecular formula is C24H28N4O4. The highest BCUT2D eigenvalue weighted by molar-refractivity contribution is 6.12. The van der Waals surface area contributed by atoms with Gasteiger partial charge in [-0.25, -0.2) is 9.78 Å². The van der Waals surface area contributed by atoms with Gasteiger partial charge in [0.25, 0.3) is 5.91 Å². The van der Waals surface area contributed by atoms with E-state index in [9.17, 15) is 9.59 Å². The van der Waals surface area contributed by atoms with Gasteiger partial charge in [-0.3, -0.25) is 4.79 Å². The topological polar surface area (TPSA) is 94.5 Å². The predicted molar refractivity (Wildman–Crippen MR) is 123 cm³/mol. The third kappa shape index (κ3) is 4.45. The van der Waals surface area contributed by atoms with Gasteiger partial charge in [-0.15, -0.1) is 0 Å². The van der Waals surface area contributed by atoms with Gasteiger partial charge in [-0.2, -0.15) is 0 Å². The number of anilines is 2. The Bertz CT molecular complexity index is 1100. The summed E-state index contributed by atoms with van der Waals surface area (Å²) in [4.78, 5) is 30.5. The summed E-state index contributed by atoms with van der Waals surface area (Å²) in [6, 6.07) is 11.7. The minimum absolute atomic E-state index is 0.262. The fourth-order valence-electron chi connectivity index (χ4n) is 3.93. The number of fused-ring (bicyclic) bond motifs is 1. The number of nitrogens with zero attached hydrogens (tertiary/aromatic N) is 2. The number of methoxy groups -OCH3 is 1. The van der Waals surface area contributed by atoms with Crippen molar-refractivity contribution in [3.05, 3.63) is 53.9 Å². The van der Waals surface area contributed by atoms with E-state index in [1.165, 1.54) is 7.11 Å². The van der Waals surface area contributed by atoms with Crippen molar-refractivity contribution in [3.8, 4) is 0 Å². The maximum absolute atomic E-state index is 12.9. The number of carbonyl (C=O) groups is 2. The highest BCUT2D eigenvalue weighted by Gasteiger charge is 2.30. The third-order valence-corrected chi connectivity index (χ3v) is 5.51. The number of nitrogens with one attached hydrogen (secondary N) is 2. The highest BCUT2D eigenvalue weighted by atomic mass is 16.5. The summed E-state index contributed by atoms with van der Waals surface area (Å²) < 4.78 is 12.4. The summed E-state index contributed by atoms with van der Waals surface area (Å²) in [5.74, 6) is -0.803. The van der Waals surface area contributed by atoms with E-state index in [0.717, 1.165) is 30.6 Å². The summed E-state index contributed by atoms with van der Waals surface area (Å²) >= 11 is 0. The van der Waals surface area contributed by atoms with Gasteiger partial charge in [0.1, 0.15) is 11.8 Å². The number of pyridine rings is 1. The van der Waals surface area contributed by atoms with Crippen LogP contribution in [-0.4, -0.2) is 47.8 Å². The second kappa shape index (κ2) is 9.82. The maximum atomic E-state index is 12.9. The number of hydrogen-bond acceptors (Lipinski definition) is 6. The van der Waals surface area contributed by atoms with E-state index >= 15 is 0 Å². The van der Waals surface area contributed by atoms with Gasteiger partial charge < -0.3 is 24.7 Å². The zero-order valence-corrected chi connectivity index (χ0v) is 18.4. The Morgan fingerprint density at radius 2 is 2.09 bits per heavy atom. The van der Waals surface area contributed by atoms with Crippen molar-refractivity contribution in [3.63, 3.8) is 0 Å². The second-order valence-electron chi connectivity index (χ2n) is 7.80. The van der Waals surface area contributed by atoms with Crippen LogP contribution in [0.15, 0.2) is 42.6 Å². The zero-order chi connectivity index (χ0) is 22.5. The van der Waals surface area contributed by atoms with Gasteiger partial charge in [-0.1, -0.05) is 37.3 Å². The van der Waals surface area contributed by atoms with Gasteiger partial charge in [0, 0.05) is 25.1 Å². The van der Waals surface area contributed by atoms with Crippen LogP contribution >= 0.6 is 0 Å². The number of aromatic nitrogens is 2. The van der Waals surface area contributed by atoms with Crippen LogP contribution in [0.1, 0.15) is 42.2 Å². The zero-order valence-electron chi connectivity index (χ0n) is 18.4. The first-order valence-corrected chi connectivity index (χ1v) is 10.9. The van der Waals surface area contributed by atoms with Gasteiger partial charge in [0.05, 0.1) is 24.7 Å². The normalized spacial score (nSPS) is 15.6. The van der Waals surface area contributed by atoms with Crippen LogP contribution < -0.4 is 10.6 Å². The lowest BCUT2D eigenvalue weighted by Gasteiger charge is -2.13. The molecule has 2 aromatic heterocycles. The minimum Gasteiger partial charge on any atom is -0.464 e. The molecule has 1 fully saturated rings. The van der Waals surface area contributed by atoms with Crippen molar-refractivity contribution in [2.75, 3.05) is 30.9 Å². The second-order valence-corrected chi connectivity index (χ2v) is 7.80. The number of amides is 1. The molecule has 0 aliphatic carbocycles. The highest BCUT2D eigenvalue weighted by Crippen LogP contribution is 2.34. The fourth-order valence-corrected chi connectivity index (χ4v) is 3.93. The fraction of sp³-hybridized carbons (Fsp3) is 0.375. The van der Waals surface area contributed by atoms with Crippen molar-refractivity contribution in [1.82, 2.24) is 9.55 Å². The molecule has 1 unspecified atom stereocenters. The standard InChI is InChI=1S/C24H28N4O4/c1-3-11-25-17-13-18-20(27-23(29)19-10-7-12-32-19)21(24(30)31-2)28(22(18)26-14-17)15-16-8-5-4-6-9-16/h4-6,8-9,13-14,19,25H,3,7,10-12,15H2,1-2H3,(H,27,29). The monoisotopic (exact) mass is 436 g/mol. The molecular weight excluding hydrogens is 408 g/mol. The molecule has 4 rings (SSSR count). The van der Waals surface area contributed by atoms with Gasteiger partial charge in [0.2, 0.25) is 0 Å². The van der Waals surface area contributed by atoms with Crippen molar-refractivity contribution in [2.45, 2.75) is 38.8 Å². The Balaban J connectivity index is 1.85. The molecule has 0 radical (unpaired) electrons. The summed E-state index contributed by atoms with van der Waals surface area (Å²) in [5, 5.41) is 6.94. The van der Waals surface area contributed by atoms with Crippen molar-refractivity contribution < 1.29 is 19.1 Å². The molecule has 1 aliphatic rings. The number of carbonyl (C=O) groups excluding carboxylic acids is 2. The van der Waals surface area contributed by atoms with Crippen LogP contribution in [0.25, 0.3) is 11.0 Å². The first-order valence-electron chi connectivity index (χ1n) is 10.9. The van der Waals surface area contributed by atoms with E-state index in [4.69, 9.17) is 9.47 Å². The number of rotatable bonds is 8. The van der Waals surface area contributed by atoms with Crippen LogP contribution in [0.4, 0.5) is 11.4 Å². The first-order chi connectivity index (χ1) is 15.6. The lowest BCUT2D eigenvalue weighted by Crippen LogP contribution is -2.28. The Kier molecular flexibility index (Phi) is 6.70. The molecule has 168 valence electrons. The molecule has 8 nitrogen and oxygen atoms in total. The first kappa shape index (κ1) is 21.8. The number of hydrogen-bond donors (Lipinski definition) is 2. The Morgan fingerprint density at radius 3 is 2.78 bits per heavy atom. The lowest BCUT2D eigenvalue weighted by molar-refractivity contribution is -0.124. The van der Waals surface area contributed by atoms with E-state index < -0.39 is 12.1 Å². The van der Waals surface area contributed by atoms with E-state index in [1.807, 2.05) is 36.4 Å². The summed E-state index contributed by atoms with van der Waals surface area (Å²) in [6.07, 6.45) is 3.67. The summed E-state index contributed by atoms with van der Waals surface area (Å²) in [7, 11) is 1.33. The Labute approximate surface area is 186 Å². The average molecular weight is 437 g/mol. The van der Waals surface area contributed by atoms with E-state index in [0.29, 0.717) is 36.3 Å². The van der Waals surface area contributed by atoms with Crippen LogP contribution in [0.5, 0.6) is 0 Å². The van der Waals surface area contributed by atoms with Crippen LogP contribution in [0.2, 0.25) is 0 Å². The number of ether oxygens (including phenoxy) is 2. The van der Waals surface area contributed by atoms with E-state index in [-0.39, 0.29) is 11.6 Å². The molecule has 3 aromatic rings. The van der Waals surface area contributed by atoms with Gasteiger partial charge in [0.15, 0.2) is 5.69 Å². The largest absolute Gasteiger partial charge is 0.464 e. The SMILES string of the molecule is CCCNc1cnc2c(c1)c(NC(=O)C1CCCO1)c(C(=O)OC)n2Cc1ccccc1. The quantitative estimate of drug-likeness (QED) is 0.522. The number of benzene rings is 1. The molecule has 1 saturated heterocycles. The summed E-state index contributed by atoms with van der Waals surface area (Å²) in [5.41, 5.74) is 3.08. The molecule has 1 aromatic carbocycles. The van der Waals surface area contributed by atoms with Crippen LogP contribution in [0, 0.1) is 0 Å². The van der Waals surface area contributed by atoms with Gasteiger partial charge in [-0.05, 0) is 30.9 Å². The smallest absolute Gasteiger partial charge is 0.356 e. The minimum atomic E-state index is -0.537. The molecule has 32 heavy (non-hydrogen) atoms. The molecule has 1 aliphatic heterocycles. The molecule has 1 atom stereocenters. The van der Waals surface area contributed by atoms with Crippen molar-refractivity contribution in [2.24, 2.45) is 0 Å². The third-order valence-electron chi connectivity index (χ3n) is 5.51. The Morgan fingerprint density at radius 1 is 1.28 bits per heavy atom. The Hall–Kier alpha value is -3.39.